The van der Waals surface area contributed by atoms with E-state index in [9.17, 15) is 14.9 Å². The van der Waals surface area contributed by atoms with Crippen LogP contribution in [0, 0.1) is 10.1 Å². The lowest BCUT2D eigenvalue weighted by atomic mass is 9.91. The zero-order chi connectivity index (χ0) is 19.9. The van der Waals surface area contributed by atoms with E-state index < -0.39 is 16.8 Å². The summed E-state index contributed by atoms with van der Waals surface area (Å²) in [6.07, 6.45) is 0. The summed E-state index contributed by atoms with van der Waals surface area (Å²) in [5.74, 6) is -0.604. The van der Waals surface area contributed by atoms with Crippen LogP contribution in [0.25, 0.3) is 0 Å². The molecule has 0 bridgehead atoms. The Morgan fingerprint density at radius 2 is 1.54 bits per heavy atom. The van der Waals surface area contributed by atoms with Crippen LogP contribution in [0.15, 0.2) is 78.9 Å². The number of rotatable bonds is 7. The maximum absolute atomic E-state index is 12.9. The van der Waals surface area contributed by atoms with Crippen molar-refractivity contribution in [1.82, 2.24) is 0 Å². The van der Waals surface area contributed by atoms with Crippen molar-refractivity contribution >= 4 is 11.7 Å². The van der Waals surface area contributed by atoms with E-state index in [0.717, 1.165) is 11.1 Å². The topological polar surface area (TPSA) is 78.7 Å². The van der Waals surface area contributed by atoms with Gasteiger partial charge in [0.1, 0.15) is 18.3 Å². The van der Waals surface area contributed by atoms with Crippen molar-refractivity contribution < 1.29 is 19.2 Å². The Bertz CT molecular complexity index is 918. The van der Waals surface area contributed by atoms with Gasteiger partial charge in [-0.3, -0.25) is 14.9 Å². The molecule has 3 rings (SSSR count). The maximum Gasteiger partial charge on any atom is 0.318 e. The molecule has 0 aliphatic heterocycles. The lowest BCUT2D eigenvalue weighted by Crippen LogP contribution is -2.17. The lowest BCUT2D eigenvalue weighted by Gasteiger charge is -2.17. The molecule has 0 N–H and O–H groups in total. The van der Waals surface area contributed by atoms with Gasteiger partial charge < -0.3 is 9.47 Å². The molecule has 0 aromatic heterocycles. The van der Waals surface area contributed by atoms with Gasteiger partial charge in [0.25, 0.3) is 5.69 Å². The third-order valence-corrected chi connectivity index (χ3v) is 4.35. The lowest BCUT2D eigenvalue weighted by molar-refractivity contribution is -0.385. The minimum Gasteiger partial charge on any atom is -0.496 e. The van der Waals surface area contributed by atoms with Crippen molar-refractivity contribution in [1.29, 1.82) is 0 Å². The number of nitro groups is 1. The van der Waals surface area contributed by atoms with Crippen LogP contribution in [0.2, 0.25) is 0 Å². The van der Waals surface area contributed by atoms with Crippen molar-refractivity contribution in [2.45, 2.75) is 12.5 Å². The molecule has 0 heterocycles. The minimum absolute atomic E-state index is 0.0884. The standard InChI is InChI=1S/C22H19NO5/c1-27-20-13-12-19(23(25)26)14-18(20)15-28-22(24)21(16-8-4-2-5-9-16)17-10-6-3-7-11-17/h2-14,21H,15H2,1H3. The minimum atomic E-state index is -0.591. The maximum atomic E-state index is 12.9. The molecular formula is C22H19NO5. The van der Waals surface area contributed by atoms with E-state index in [-0.39, 0.29) is 12.3 Å². The quantitative estimate of drug-likeness (QED) is 0.345. The predicted molar refractivity (Wildman–Crippen MR) is 104 cm³/mol. The first-order valence-electron chi connectivity index (χ1n) is 8.68. The third-order valence-electron chi connectivity index (χ3n) is 4.35. The molecule has 142 valence electrons. The molecule has 0 saturated carbocycles. The van der Waals surface area contributed by atoms with Gasteiger partial charge in [0.2, 0.25) is 0 Å². The average Bonchev–Trinajstić information content (AvgIpc) is 2.73. The van der Waals surface area contributed by atoms with Crippen molar-refractivity contribution in [3.8, 4) is 5.75 Å². The van der Waals surface area contributed by atoms with Crippen LogP contribution in [-0.2, 0) is 16.1 Å². The zero-order valence-corrected chi connectivity index (χ0v) is 15.3. The summed E-state index contributed by atoms with van der Waals surface area (Å²) in [6, 6.07) is 22.9. The number of ether oxygens (including phenoxy) is 2. The van der Waals surface area contributed by atoms with Crippen molar-refractivity contribution in [2.24, 2.45) is 0 Å². The summed E-state index contributed by atoms with van der Waals surface area (Å²) in [4.78, 5) is 23.5. The predicted octanol–water partition coefficient (Wildman–Crippen LogP) is 4.48. The highest BCUT2D eigenvalue weighted by Crippen LogP contribution is 2.28. The van der Waals surface area contributed by atoms with E-state index in [0.29, 0.717) is 11.3 Å². The fourth-order valence-corrected chi connectivity index (χ4v) is 2.98. The van der Waals surface area contributed by atoms with E-state index in [4.69, 9.17) is 9.47 Å². The first-order chi connectivity index (χ1) is 13.6. The number of hydrogen-bond acceptors (Lipinski definition) is 5. The van der Waals surface area contributed by atoms with Gasteiger partial charge in [0, 0.05) is 17.7 Å². The average molecular weight is 377 g/mol. The number of nitro benzene ring substituents is 1. The Kier molecular flexibility index (Phi) is 6.01. The summed E-state index contributed by atoms with van der Waals surface area (Å²) in [6.45, 7) is -0.125. The highest BCUT2D eigenvalue weighted by atomic mass is 16.6. The van der Waals surface area contributed by atoms with Crippen LogP contribution in [0.5, 0.6) is 5.75 Å². The van der Waals surface area contributed by atoms with Gasteiger partial charge in [-0.25, -0.2) is 0 Å². The number of benzene rings is 3. The fourth-order valence-electron chi connectivity index (χ4n) is 2.98. The fraction of sp³-hybridized carbons (Fsp3) is 0.136. The van der Waals surface area contributed by atoms with Crippen LogP contribution in [0.1, 0.15) is 22.6 Å². The van der Waals surface area contributed by atoms with E-state index in [2.05, 4.69) is 0 Å². The van der Waals surface area contributed by atoms with E-state index in [1.165, 1.54) is 25.3 Å². The molecule has 0 unspecified atom stereocenters. The first kappa shape index (κ1) is 19.1. The van der Waals surface area contributed by atoms with Gasteiger partial charge in [0.15, 0.2) is 0 Å². The highest BCUT2D eigenvalue weighted by molar-refractivity contribution is 5.82. The molecule has 0 atom stereocenters. The summed E-state index contributed by atoms with van der Waals surface area (Å²) >= 11 is 0. The highest BCUT2D eigenvalue weighted by Gasteiger charge is 2.24. The Morgan fingerprint density at radius 3 is 2.04 bits per heavy atom. The number of methoxy groups -OCH3 is 1. The number of carbonyl (C=O) groups excluding carboxylic acids is 1. The summed E-state index contributed by atoms with van der Waals surface area (Å²) in [5, 5.41) is 11.0. The molecular weight excluding hydrogens is 358 g/mol. The van der Waals surface area contributed by atoms with Gasteiger partial charge in [-0.15, -0.1) is 0 Å². The van der Waals surface area contributed by atoms with Gasteiger partial charge in [-0.1, -0.05) is 60.7 Å². The molecule has 28 heavy (non-hydrogen) atoms. The SMILES string of the molecule is COc1ccc([N+](=O)[O-])cc1COC(=O)C(c1ccccc1)c1ccccc1. The van der Waals surface area contributed by atoms with Crippen LogP contribution in [0.3, 0.4) is 0 Å². The first-order valence-corrected chi connectivity index (χ1v) is 8.68. The molecule has 0 fully saturated rings. The van der Waals surface area contributed by atoms with Gasteiger partial charge in [-0.2, -0.15) is 0 Å². The molecule has 0 aliphatic carbocycles. The summed E-state index contributed by atoms with van der Waals surface area (Å²) in [5.41, 5.74) is 1.97. The molecule has 6 heteroatoms. The van der Waals surface area contributed by atoms with E-state index >= 15 is 0 Å². The second kappa shape index (κ2) is 8.81. The number of carbonyl (C=O) groups is 1. The third kappa shape index (κ3) is 4.35. The number of hydrogen-bond donors (Lipinski definition) is 0. The van der Waals surface area contributed by atoms with E-state index in [1.807, 2.05) is 60.7 Å². The van der Waals surface area contributed by atoms with Crippen LogP contribution in [0.4, 0.5) is 5.69 Å². The molecule has 0 amide bonds. The smallest absolute Gasteiger partial charge is 0.318 e. The number of non-ortho nitro benzene ring substituents is 1. The van der Waals surface area contributed by atoms with Crippen molar-refractivity contribution in [2.75, 3.05) is 7.11 Å². The van der Waals surface area contributed by atoms with Crippen LogP contribution in [-0.4, -0.2) is 18.0 Å². The molecule has 0 saturated heterocycles. The van der Waals surface area contributed by atoms with E-state index in [1.54, 1.807) is 0 Å². The molecule has 3 aromatic rings. The van der Waals surface area contributed by atoms with Crippen LogP contribution >= 0.6 is 0 Å². The number of nitrogens with zero attached hydrogens (tertiary/aromatic N) is 1. The second-order valence-electron chi connectivity index (χ2n) is 6.12. The monoisotopic (exact) mass is 377 g/mol. The van der Waals surface area contributed by atoms with Crippen molar-refractivity contribution in [3.63, 3.8) is 0 Å². The zero-order valence-electron chi connectivity index (χ0n) is 15.3. The Morgan fingerprint density at radius 1 is 0.964 bits per heavy atom. The molecule has 6 nitrogen and oxygen atoms in total. The Hall–Kier alpha value is -3.67. The molecule has 0 radical (unpaired) electrons. The molecule has 0 aliphatic rings. The molecule has 3 aromatic carbocycles. The van der Waals surface area contributed by atoms with Crippen molar-refractivity contribution in [3.05, 3.63) is 106 Å². The molecule has 0 spiro atoms. The second-order valence-corrected chi connectivity index (χ2v) is 6.12. The summed E-state index contributed by atoms with van der Waals surface area (Å²) in [7, 11) is 1.46. The normalized spacial score (nSPS) is 10.5. The number of esters is 1. The van der Waals surface area contributed by atoms with Gasteiger partial charge in [0.05, 0.1) is 12.0 Å². The Balaban J connectivity index is 1.86. The summed E-state index contributed by atoms with van der Waals surface area (Å²) < 4.78 is 10.8. The van der Waals surface area contributed by atoms with Crippen LogP contribution < -0.4 is 4.74 Å². The Labute approximate surface area is 162 Å². The van der Waals surface area contributed by atoms with Gasteiger partial charge >= 0.3 is 5.97 Å². The largest absolute Gasteiger partial charge is 0.496 e. The van der Waals surface area contributed by atoms with Gasteiger partial charge in [-0.05, 0) is 17.2 Å².